The second-order valence-corrected chi connectivity index (χ2v) is 7.32. The third kappa shape index (κ3) is 4.10. The molecule has 0 radical (unpaired) electrons. The summed E-state index contributed by atoms with van der Waals surface area (Å²) in [5.41, 5.74) is 0.493. The molecule has 0 aliphatic carbocycles. The lowest BCUT2D eigenvalue weighted by atomic mass is 9.98. The number of aliphatic hydroxyl groups excluding tert-OH is 1. The molecule has 0 spiro atoms. The van der Waals surface area contributed by atoms with Crippen LogP contribution in [0.15, 0.2) is 40.3 Å². The Labute approximate surface area is 168 Å². The lowest BCUT2D eigenvalue weighted by Gasteiger charge is -2.23. The van der Waals surface area contributed by atoms with Gasteiger partial charge in [0.15, 0.2) is 0 Å². The summed E-state index contributed by atoms with van der Waals surface area (Å²) in [5.74, 6) is -1.36. The number of nitrogens with zero attached hydrogens (tertiary/aromatic N) is 1. The zero-order chi connectivity index (χ0) is 21.3. The van der Waals surface area contributed by atoms with Crippen molar-refractivity contribution in [1.29, 1.82) is 0 Å². The molecule has 1 aromatic heterocycles. The maximum Gasteiger partial charge on any atom is 0.295 e. The van der Waals surface area contributed by atoms with Gasteiger partial charge in [-0.3, -0.25) is 9.59 Å². The van der Waals surface area contributed by atoms with Crippen LogP contribution in [0.5, 0.6) is 0 Å². The zero-order valence-corrected chi connectivity index (χ0v) is 16.9. The van der Waals surface area contributed by atoms with E-state index in [-0.39, 0.29) is 36.2 Å². The van der Waals surface area contributed by atoms with Crippen LogP contribution in [-0.4, -0.2) is 41.0 Å². The number of furan rings is 1. The molecule has 3 rings (SSSR count). The smallest absolute Gasteiger partial charge is 0.295 e. The lowest BCUT2D eigenvalue weighted by Crippen LogP contribution is -2.33. The fraction of sp³-hybridized carbons (Fsp3) is 0.364. The number of likely N-dealkylation sites (tertiary alicyclic amines) is 1. The number of benzene rings is 1. The first-order valence-corrected chi connectivity index (χ1v) is 9.43. The number of carbonyl (C=O) groups excluding carboxylic acids is 2. The van der Waals surface area contributed by atoms with E-state index < -0.39 is 23.5 Å². The molecule has 1 saturated heterocycles. The van der Waals surface area contributed by atoms with Crippen molar-refractivity contribution >= 4 is 17.4 Å². The molecule has 0 saturated carbocycles. The molecule has 1 N–H and O–H groups in total. The van der Waals surface area contributed by atoms with Crippen molar-refractivity contribution in [2.24, 2.45) is 0 Å². The Balaban J connectivity index is 2.08. The summed E-state index contributed by atoms with van der Waals surface area (Å²) in [7, 11) is 0. The number of Topliss-reactive ketones (excluding diaryl/α,β-unsaturated/α-hetero) is 1. The van der Waals surface area contributed by atoms with Crippen LogP contribution < -0.4 is 0 Å². The predicted octanol–water partition coefficient (Wildman–Crippen LogP) is 3.88. The minimum absolute atomic E-state index is 0.0293. The predicted molar refractivity (Wildman–Crippen MR) is 105 cm³/mol. The van der Waals surface area contributed by atoms with Gasteiger partial charge in [-0.1, -0.05) is 0 Å². The minimum Gasteiger partial charge on any atom is -0.507 e. The normalized spacial score (nSPS) is 18.8. The van der Waals surface area contributed by atoms with Crippen LogP contribution in [0.1, 0.15) is 42.5 Å². The summed E-state index contributed by atoms with van der Waals surface area (Å²) >= 11 is 0. The van der Waals surface area contributed by atoms with Crippen molar-refractivity contribution in [2.75, 3.05) is 13.2 Å². The van der Waals surface area contributed by atoms with E-state index in [9.17, 15) is 19.1 Å². The van der Waals surface area contributed by atoms with E-state index in [4.69, 9.17) is 9.15 Å². The Morgan fingerprint density at radius 2 is 1.97 bits per heavy atom. The molecule has 29 heavy (non-hydrogen) atoms. The summed E-state index contributed by atoms with van der Waals surface area (Å²) in [6.45, 7) is 7.45. The second kappa shape index (κ2) is 8.21. The highest BCUT2D eigenvalue weighted by atomic mass is 19.1. The number of ether oxygens (including phenoxy) is 1. The van der Waals surface area contributed by atoms with Crippen LogP contribution in [0, 0.1) is 19.7 Å². The van der Waals surface area contributed by atoms with E-state index in [1.165, 1.54) is 23.1 Å². The number of ketones is 1. The highest BCUT2D eigenvalue weighted by Gasteiger charge is 2.47. The summed E-state index contributed by atoms with van der Waals surface area (Å²) < 4.78 is 24.9. The second-order valence-electron chi connectivity index (χ2n) is 7.32. The van der Waals surface area contributed by atoms with Gasteiger partial charge in [0.2, 0.25) is 0 Å². The van der Waals surface area contributed by atoms with Crippen LogP contribution in [-0.2, 0) is 14.3 Å². The fourth-order valence-electron chi connectivity index (χ4n) is 3.34. The summed E-state index contributed by atoms with van der Waals surface area (Å²) in [4.78, 5) is 26.9. The highest BCUT2D eigenvalue weighted by molar-refractivity contribution is 6.46. The first kappa shape index (κ1) is 20.8. The van der Waals surface area contributed by atoms with E-state index >= 15 is 0 Å². The lowest BCUT2D eigenvalue weighted by molar-refractivity contribution is -0.140. The van der Waals surface area contributed by atoms with Crippen molar-refractivity contribution in [3.63, 3.8) is 0 Å². The van der Waals surface area contributed by atoms with Crippen molar-refractivity contribution in [3.05, 3.63) is 64.4 Å². The van der Waals surface area contributed by atoms with Crippen molar-refractivity contribution in [3.8, 4) is 0 Å². The van der Waals surface area contributed by atoms with Crippen LogP contribution in [0.3, 0.4) is 0 Å². The van der Waals surface area contributed by atoms with E-state index in [2.05, 4.69) is 0 Å². The largest absolute Gasteiger partial charge is 0.507 e. The van der Waals surface area contributed by atoms with Gasteiger partial charge >= 0.3 is 0 Å². The van der Waals surface area contributed by atoms with Gasteiger partial charge < -0.3 is 19.2 Å². The maximum absolute atomic E-state index is 13.6. The van der Waals surface area contributed by atoms with E-state index in [1.54, 1.807) is 26.0 Å². The number of hydrogen-bond donors (Lipinski definition) is 1. The molecule has 1 aromatic carbocycles. The third-order valence-corrected chi connectivity index (χ3v) is 4.79. The summed E-state index contributed by atoms with van der Waals surface area (Å²) in [5, 5.41) is 10.9. The van der Waals surface area contributed by atoms with Crippen molar-refractivity contribution in [1.82, 2.24) is 4.90 Å². The van der Waals surface area contributed by atoms with Gasteiger partial charge in [0.25, 0.3) is 11.7 Å². The highest BCUT2D eigenvalue weighted by Crippen LogP contribution is 2.40. The van der Waals surface area contributed by atoms with Crippen LogP contribution in [0.4, 0.5) is 4.39 Å². The molecule has 1 aliphatic heterocycles. The fourth-order valence-corrected chi connectivity index (χ4v) is 3.34. The standard InChI is InChI=1S/C22H24FNO5/c1-12(2)28-10-9-24-19(17-8-5-14(4)29-17)18(21(26)22(24)27)20(25)15-6-7-16(23)13(3)11-15/h5-8,11-12,19,25H,9-10H2,1-4H3/b20-18-. The Bertz CT molecular complexity index is 975. The van der Waals surface area contributed by atoms with Gasteiger partial charge in [-0.15, -0.1) is 0 Å². The monoisotopic (exact) mass is 401 g/mol. The number of aliphatic hydroxyl groups is 1. The molecule has 0 bridgehead atoms. The van der Waals surface area contributed by atoms with E-state index in [1.807, 2.05) is 13.8 Å². The number of halogens is 1. The summed E-state index contributed by atoms with van der Waals surface area (Å²) in [6.07, 6.45) is -0.0293. The molecule has 1 fully saturated rings. The van der Waals surface area contributed by atoms with Gasteiger partial charge in [0, 0.05) is 12.1 Å². The molecule has 1 unspecified atom stereocenters. The van der Waals surface area contributed by atoms with Crippen LogP contribution in [0.25, 0.3) is 5.76 Å². The molecule has 7 heteroatoms. The van der Waals surface area contributed by atoms with Gasteiger partial charge in [0.05, 0.1) is 18.3 Å². The molecule has 2 heterocycles. The quantitative estimate of drug-likeness (QED) is 0.451. The van der Waals surface area contributed by atoms with Gasteiger partial charge in [0.1, 0.15) is 29.1 Å². The number of carbonyl (C=O) groups is 2. The number of aryl methyl sites for hydroxylation is 2. The topological polar surface area (TPSA) is 80.0 Å². The minimum atomic E-state index is -0.884. The van der Waals surface area contributed by atoms with E-state index in [0.717, 1.165) is 0 Å². The first-order valence-electron chi connectivity index (χ1n) is 9.43. The van der Waals surface area contributed by atoms with Crippen molar-refractivity contribution < 1.29 is 28.2 Å². The molecule has 2 aromatic rings. The molecule has 6 nitrogen and oxygen atoms in total. The number of rotatable bonds is 6. The SMILES string of the molecule is Cc1ccc(C2/C(=C(/O)c3ccc(F)c(C)c3)C(=O)C(=O)N2CCOC(C)C)o1. The van der Waals surface area contributed by atoms with Gasteiger partial charge in [-0.25, -0.2) is 4.39 Å². The van der Waals surface area contributed by atoms with Crippen LogP contribution >= 0.6 is 0 Å². The number of amides is 1. The number of hydrogen-bond acceptors (Lipinski definition) is 5. The molecule has 1 amide bonds. The zero-order valence-electron chi connectivity index (χ0n) is 16.9. The van der Waals surface area contributed by atoms with Gasteiger partial charge in [-0.05, 0) is 63.6 Å². The summed E-state index contributed by atoms with van der Waals surface area (Å²) in [6, 6.07) is 6.53. The maximum atomic E-state index is 13.6. The average molecular weight is 401 g/mol. The third-order valence-electron chi connectivity index (χ3n) is 4.79. The molecule has 1 atom stereocenters. The molecule has 1 aliphatic rings. The Morgan fingerprint density at radius 3 is 2.55 bits per heavy atom. The Hall–Kier alpha value is -2.93. The average Bonchev–Trinajstić information content (AvgIpc) is 3.19. The molecule has 154 valence electrons. The van der Waals surface area contributed by atoms with Gasteiger partial charge in [-0.2, -0.15) is 0 Å². The Kier molecular flexibility index (Phi) is 5.88. The van der Waals surface area contributed by atoms with Crippen molar-refractivity contribution in [2.45, 2.75) is 39.8 Å². The molecular formula is C22H24FNO5. The van der Waals surface area contributed by atoms with E-state index in [0.29, 0.717) is 17.1 Å². The molecular weight excluding hydrogens is 377 g/mol. The van der Waals surface area contributed by atoms with Crippen LogP contribution in [0.2, 0.25) is 0 Å². The first-order chi connectivity index (χ1) is 13.7. The Morgan fingerprint density at radius 1 is 1.24 bits per heavy atom.